The first-order chi connectivity index (χ1) is 16.3. The van der Waals surface area contributed by atoms with Gasteiger partial charge in [0.1, 0.15) is 6.10 Å². The van der Waals surface area contributed by atoms with Gasteiger partial charge in [0.25, 0.3) is 0 Å². The Morgan fingerprint density at radius 2 is 1.82 bits per heavy atom. The summed E-state index contributed by atoms with van der Waals surface area (Å²) in [4.78, 5) is 30.3. The average molecular weight is 480 g/mol. The second kappa shape index (κ2) is 10.6. The van der Waals surface area contributed by atoms with E-state index in [-0.39, 0.29) is 6.10 Å². The van der Waals surface area contributed by atoms with Gasteiger partial charge in [-0.1, -0.05) is 69.1 Å². The molecular formula is C28H30ClNO4. The van der Waals surface area contributed by atoms with Crippen LogP contribution < -0.4 is 0 Å². The molecule has 0 N–H and O–H groups in total. The minimum absolute atomic E-state index is 0.131. The third-order valence-electron chi connectivity index (χ3n) is 6.64. The number of fused-ring (bicyclic) bond motifs is 1. The molecule has 6 heteroatoms. The molecule has 3 atom stereocenters. The lowest BCUT2D eigenvalue weighted by Crippen LogP contribution is -2.36. The largest absolute Gasteiger partial charge is 0.460 e. The summed E-state index contributed by atoms with van der Waals surface area (Å²) in [5, 5.41) is 1.29. The molecule has 1 aliphatic carbocycles. The van der Waals surface area contributed by atoms with Crippen molar-refractivity contribution >= 4 is 34.4 Å². The van der Waals surface area contributed by atoms with Crippen LogP contribution in [0.2, 0.25) is 5.02 Å². The van der Waals surface area contributed by atoms with Crippen LogP contribution in [-0.2, 0) is 14.3 Å². The van der Waals surface area contributed by atoms with Crippen LogP contribution in [-0.4, -0.2) is 29.6 Å². The lowest BCUT2D eigenvalue weighted by molar-refractivity contribution is -0.159. The van der Waals surface area contributed by atoms with Gasteiger partial charge in [-0.15, -0.1) is 0 Å². The Bertz CT molecular complexity index is 1170. The van der Waals surface area contributed by atoms with E-state index in [0.717, 1.165) is 24.8 Å². The second-order valence-corrected chi connectivity index (χ2v) is 9.95. The van der Waals surface area contributed by atoms with Crippen LogP contribution in [0.25, 0.3) is 22.2 Å². The normalized spacial score (nSPS) is 20.3. The van der Waals surface area contributed by atoms with Crippen molar-refractivity contribution in [2.45, 2.75) is 46.1 Å². The molecule has 0 spiro atoms. The molecule has 2 aromatic carbocycles. The van der Waals surface area contributed by atoms with E-state index in [1.807, 2.05) is 36.4 Å². The van der Waals surface area contributed by atoms with Crippen LogP contribution in [0.3, 0.4) is 0 Å². The summed E-state index contributed by atoms with van der Waals surface area (Å²) >= 11 is 6.01. The molecule has 4 rings (SSSR count). The third-order valence-corrected chi connectivity index (χ3v) is 6.89. The van der Waals surface area contributed by atoms with Gasteiger partial charge >= 0.3 is 11.9 Å². The van der Waals surface area contributed by atoms with Crippen molar-refractivity contribution in [1.82, 2.24) is 4.98 Å². The first-order valence-electron chi connectivity index (χ1n) is 11.8. The maximum absolute atomic E-state index is 13.0. The number of aromatic nitrogens is 1. The monoisotopic (exact) mass is 479 g/mol. The lowest BCUT2D eigenvalue weighted by atomic mass is 9.75. The van der Waals surface area contributed by atoms with Gasteiger partial charge in [-0.05, 0) is 54.9 Å². The molecule has 0 bridgehead atoms. The first kappa shape index (κ1) is 24.2. The molecule has 5 nitrogen and oxygen atoms in total. The number of hydrogen-bond acceptors (Lipinski definition) is 5. The zero-order valence-electron chi connectivity index (χ0n) is 19.8. The molecule has 1 aromatic heterocycles. The topological polar surface area (TPSA) is 65.5 Å². The van der Waals surface area contributed by atoms with E-state index in [9.17, 15) is 9.59 Å². The summed E-state index contributed by atoms with van der Waals surface area (Å²) in [6.45, 7) is 6.09. The van der Waals surface area contributed by atoms with Crippen LogP contribution >= 0.6 is 11.6 Å². The Kier molecular flexibility index (Phi) is 7.52. The minimum Gasteiger partial charge on any atom is -0.460 e. The predicted octanol–water partition coefficient (Wildman–Crippen LogP) is 6.72. The predicted molar refractivity (Wildman–Crippen MR) is 134 cm³/mol. The summed E-state index contributed by atoms with van der Waals surface area (Å²) in [5.74, 6) is 0.201. The van der Waals surface area contributed by atoms with Crippen LogP contribution in [0.1, 0.15) is 50.4 Å². The number of carbonyl (C=O) groups is 2. The van der Waals surface area contributed by atoms with Gasteiger partial charge < -0.3 is 9.47 Å². The van der Waals surface area contributed by atoms with Gasteiger partial charge in [-0.25, -0.2) is 14.6 Å². The lowest BCUT2D eigenvalue weighted by Gasteiger charge is -2.36. The number of carbonyl (C=O) groups excluding carboxylic acids is 2. The van der Waals surface area contributed by atoms with Crippen molar-refractivity contribution < 1.29 is 19.1 Å². The summed E-state index contributed by atoms with van der Waals surface area (Å²) < 4.78 is 11.2. The summed E-state index contributed by atoms with van der Waals surface area (Å²) in [7, 11) is 0. The highest BCUT2D eigenvalue weighted by atomic mass is 35.5. The van der Waals surface area contributed by atoms with Gasteiger partial charge in [0.05, 0.1) is 16.8 Å². The Morgan fingerprint density at radius 1 is 1.09 bits per heavy atom. The van der Waals surface area contributed by atoms with Crippen molar-refractivity contribution in [3.63, 3.8) is 0 Å². The van der Waals surface area contributed by atoms with Gasteiger partial charge in [-0.3, -0.25) is 0 Å². The highest BCUT2D eigenvalue weighted by Gasteiger charge is 2.33. The van der Waals surface area contributed by atoms with E-state index in [0.29, 0.717) is 44.9 Å². The zero-order valence-corrected chi connectivity index (χ0v) is 20.5. The molecule has 1 aliphatic rings. The highest BCUT2D eigenvalue weighted by Crippen LogP contribution is 2.35. The number of pyridine rings is 1. The van der Waals surface area contributed by atoms with Crippen molar-refractivity contribution in [2.24, 2.45) is 17.8 Å². The van der Waals surface area contributed by atoms with E-state index >= 15 is 0 Å². The van der Waals surface area contributed by atoms with Gasteiger partial charge in [0, 0.05) is 16.0 Å². The van der Waals surface area contributed by atoms with Crippen molar-refractivity contribution in [3.8, 4) is 11.3 Å². The number of esters is 2. The van der Waals surface area contributed by atoms with Crippen LogP contribution in [0.4, 0.5) is 0 Å². The molecule has 1 fully saturated rings. The number of ether oxygens (including phenoxy) is 2. The number of nitrogens with zero attached hydrogens (tertiary/aromatic N) is 1. The van der Waals surface area contributed by atoms with Gasteiger partial charge in [0.15, 0.2) is 6.61 Å². The molecular weight excluding hydrogens is 450 g/mol. The molecule has 0 saturated heterocycles. The Hall–Kier alpha value is -2.92. The fourth-order valence-electron chi connectivity index (χ4n) is 4.77. The molecule has 1 saturated carbocycles. The Morgan fingerprint density at radius 3 is 2.56 bits per heavy atom. The summed E-state index contributed by atoms with van der Waals surface area (Å²) in [5.41, 5.74) is 2.48. The Labute approximate surface area is 205 Å². The maximum atomic E-state index is 13.0. The molecule has 34 heavy (non-hydrogen) atoms. The van der Waals surface area contributed by atoms with E-state index < -0.39 is 18.5 Å². The third kappa shape index (κ3) is 5.58. The number of hydrogen-bond donors (Lipinski definition) is 0. The molecule has 0 radical (unpaired) electrons. The van der Waals surface area contributed by atoms with E-state index in [2.05, 4.69) is 25.8 Å². The van der Waals surface area contributed by atoms with E-state index in [1.54, 1.807) is 18.2 Å². The van der Waals surface area contributed by atoms with Crippen LogP contribution in [0.5, 0.6) is 0 Å². The average Bonchev–Trinajstić information content (AvgIpc) is 2.82. The minimum atomic E-state index is -0.580. The standard InChI is InChI=1S/C28H30ClNO4/c1-17(2)21-13-8-18(3)14-26(21)34-27(31)16-33-28(32)23-15-25(19-9-11-20(29)12-10-19)30-24-7-5-4-6-22(23)24/h4-7,9-12,15,17-18,21,26H,8,13-14,16H2,1-3H3/t18-,21+,26-/m1/s1. The van der Waals surface area contributed by atoms with E-state index in [1.165, 1.54) is 0 Å². The SMILES string of the molecule is CC(C)[C@@H]1CC[C@@H](C)C[C@H]1OC(=O)COC(=O)c1cc(-c2ccc(Cl)cc2)nc2ccccc12. The Balaban J connectivity index is 1.50. The summed E-state index contributed by atoms with van der Waals surface area (Å²) in [6.07, 6.45) is 2.92. The quantitative estimate of drug-likeness (QED) is 0.367. The molecule has 1 heterocycles. The number of para-hydroxylation sites is 1. The van der Waals surface area contributed by atoms with Crippen molar-refractivity contribution in [3.05, 3.63) is 65.2 Å². The number of rotatable bonds is 6. The molecule has 3 aromatic rings. The van der Waals surface area contributed by atoms with Crippen molar-refractivity contribution in [1.29, 1.82) is 0 Å². The van der Waals surface area contributed by atoms with E-state index in [4.69, 9.17) is 21.1 Å². The highest BCUT2D eigenvalue weighted by molar-refractivity contribution is 6.30. The van der Waals surface area contributed by atoms with Gasteiger partial charge in [-0.2, -0.15) is 0 Å². The van der Waals surface area contributed by atoms with Crippen molar-refractivity contribution in [2.75, 3.05) is 6.61 Å². The summed E-state index contributed by atoms with van der Waals surface area (Å²) in [6, 6.07) is 16.3. The first-order valence-corrected chi connectivity index (χ1v) is 12.2. The molecule has 0 unspecified atom stereocenters. The van der Waals surface area contributed by atoms with Gasteiger partial charge in [0.2, 0.25) is 0 Å². The van der Waals surface area contributed by atoms with Crippen LogP contribution in [0.15, 0.2) is 54.6 Å². The smallest absolute Gasteiger partial charge is 0.344 e. The molecule has 178 valence electrons. The zero-order chi connectivity index (χ0) is 24.2. The fourth-order valence-corrected chi connectivity index (χ4v) is 4.89. The molecule has 0 amide bonds. The molecule has 0 aliphatic heterocycles. The van der Waals surface area contributed by atoms with Crippen LogP contribution in [0, 0.1) is 17.8 Å². The fraction of sp³-hybridized carbons (Fsp3) is 0.393. The number of halogens is 1. The number of benzene rings is 2. The second-order valence-electron chi connectivity index (χ2n) is 9.51. The maximum Gasteiger partial charge on any atom is 0.344 e.